The Labute approximate surface area is 227 Å². The molecule has 1 heteroatoms. The van der Waals surface area contributed by atoms with E-state index in [1.807, 2.05) is 36.4 Å². The monoisotopic (exact) mass is 496 g/mol. The van der Waals surface area contributed by atoms with Gasteiger partial charge in [-0.3, -0.25) is 4.79 Å². The molecule has 0 unspecified atom stereocenters. The minimum Gasteiger partial charge on any atom is -0.289 e. The zero-order chi connectivity index (χ0) is 27.1. The van der Waals surface area contributed by atoms with Gasteiger partial charge in [0.15, 0.2) is 5.78 Å². The van der Waals surface area contributed by atoms with E-state index in [-0.39, 0.29) is 16.6 Å². The van der Waals surface area contributed by atoms with Crippen molar-refractivity contribution in [3.63, 3.8) is 0 Å². The molecular weight excluding hydrogens is 460 g/mol. The van der Waals surface area contributed by atoms with Crippen LogP contribution in [0.3, 0.4) is 0 Å². The van der Waals surface area contributed by atoms with Crippen molar-refractivity contribution in [2.45, 2.75) is 52.4 Å². The lowest BCUT2D eigenvalue weighted by atomic mass is 9.85. The van der Waals surface area contributed by atoms with Crippen molar-refractivity contribution in [3.05, 3.63) is 143 Å². The Kier molecular flexibility index (Phi) is 6.57. The summed E-state index contributed by atoms with van der Waals surface area (Å²) in [5.74, 6) is 0.0784. The maximum Gasteiger partial charge on any atom is 0.195 e. The zero-order valence-electron chi connectivity index (χ0n) is 23.3. The van der Waals surface area contributed by atoms with Gasteiger partial charge in [0.1, 0.15) is 0 Å². The molecule has 4 aromatic rings. The molecule has 5 rings (SSSR count). The molecule has 0 fully saturated rings. The summed E-state index contributed by atoms with van der Waals surface area (Å²) in [6, 6.07) is 37.8. The Morgan fingerprint density at radius 3 is 0.947 bits per heavy atom. The molecule has 0 N–H and O–H groups in total. The van der Waals surface area contributed by atoms with Crippen LogP contribution in [-0.4, -0.2) is 5.78 Å². The second-order valence-corrected chi connectivity index (χ2v) is 12.2. The van der Waals surface area contributed by atoms with Crippen LogP contribution in [-0.2, 0) is 15.6 Å². The Bertz CT molecular complexity index is 1400. The van der Waals surface area contributed by atoms with Crippen LogP contribution in [0.1, 0.15) is 74.9 Å². The summed E-state index contributed by atoms with van der Waals surface area (Å²) in [6.07, 6.45) is 0. The predicted octanol–water partition coefficient (Wildman–Crippen LogP) is 9.39. The lowest BCUT2D eigenvalue weighted by molar-refractivity contribution is -0.108. The largest absolute Gasteiger partial charge is 0.289 e. The van der Waals surface area contributed by atoms with E-state index in [2.05, 4.69) is 114 Å². The fourth-order valence-corrected chi connectivity index (χ4v) is 5.21. The molecule has 0 bridgehead atoms. The quantitative estimate of drug-likeness (QED) is 0.275. The van der Waals surface area contributed by atoms with Crippen molar-refractivity contribution < 1.29 is 4.79 Å². The van der Waals surface area contributed by atoms with Gasteiger partial charge in [-0.05, 0) is 44.2 Å². The molecule has 0 amide bonds. The third-order valence-electron chi connectivity index (χ3n) is 7.41. The summed E-state index contributed by atoms with van der Waals surface area (Å²) in [7, 11) is 0. The summed E-state index contributed by atoms with van der Waals surface area (Å²) in [5, 5.41) is 0. The molecule has 0 saturated carbocycles. The van der Waals surface area contributed by atoms with Gasteiger partial charge in [0.25, 0.3) is 0 Å². The van der Waals surface area contributed by atoms with Gasteiger partial charge in [-0.15, -0.1) is 0 Å². The van der Waals surface area contributed by atoms with Gasteiger partial charge in [-0.25, -0.2) is 0 Å². The summed E-state index contributed by atoms with van der Waals surface area (Å²) in [5.41, 5.74) is 10.1. The third-order valence-corrected chi connectivity index (χ3v) is 7.41. The van der Waals surface area contributed by atoms with E-state index in [1.54, 1.807) is 0 Å². The average molecular weight is 497 g/mol. The number of carbonyl (C=O) groups excluding carboxylic acids is 1. The van der Waals surface area contributed by atoms with E-state index in [0.717, 1.165) is 44.5 Å². The molecule has 38 heavy (non-hydrogen) atoms. The van der Waals surface area contributed by atoms with Gasteiger partial charge in [0.05, 0.1) is 0 Å². The number of Topliss-reactive ketones (excluding diaryl/α,β-unsaturated/α-hetero) is 1. The first-order valence-corrected chi connectivity index (χ1v) is 13.4. The van der Waals surface area contributed by atoms with Crippen LogP contribution in [0.4, 0.5) is 0 Å². The number of rotatable bonds is 4. The van der Waals surface area contributed by atoms with Crippen LogP contribution in [0.2, 0.25) is 0 Å². The Morgan fingerprint density at radius 2 is 0.658 bits per heavy atom. The van der Waals surface area contributed by atoms with Crippen molar-refractivity contribution in [2.75, 3.05) is 0 Å². The molecule has 1 aliphatic rings. The molecule has 0 saturated heterocycles. The smallest absolute Gasteiger partial charge is 0.195 e. The highest BCUT2D eigenvalue weighted by Crippen LogP contribution is 2.49. The second-order valence-electron chi connectivity index (χ2n) is 12.2. The van der Waals surface area contributed by atoms with Gasteiger partial charge in [0.2, 0.25) is 0 Å². The highest BCUT2D eigenvalue weighted by molar-refractivity contribution is 6.59. The van der Waals surface area contributed by atoms with Crippen LogP contribution < -0.4 is 0 Å². The first-order chi connectivity index (χ1) is 18.1. The minimum atomic E-state index is 0.0439. The lowest BCUT2D eigenvalue weighted by Crippen LogP contribution is -2.11. The van der Waals surface area contributed by atoms with Gasteiger partial charge < -0.3 is 0 Å². The van der Waals surface area contributed by atoms with E-state index < -0.39 is 0 Å². The van der Waals surface area contributed by atoms with Gasteiger partial charge in [0, 0.05) is 22.3 Å². The minimum absolute atomic E-state index is 0.0439. The topological polar surface area (TPSA) is 17.1 Å². The molecule has 0 aromatic heterocycles. The molecule has 0 spiro atoms. The number of ketones is 1. The van der Waals surface area contributed by atoms with Gasteiger partial charge >= 0.3 is 0 Å². The fourth-order valence-electron chi connectivity index (χ4n) is 5.21. The first kappa shape index (κ1) is 25.7. The number of hydrogen-bond donors (Lipinski definition) is 0. The standard InChI is InChI=1S/C37H36O/c1-36(2,3)29-21-17-27(18-22-29)33-31(25-13-9-7-10-14-25)32(26-15-11-8-12-16-26)34(35(33)38)28-19-23-30(24-20-28)37(4,5)6/h7-24H,1-6H3. The second kappa shape index (κ2) is 9.72. The van der Waals surface area contributed by atoms with E-state index >= 15 is 0 Å². The van der Waals surface area contributed by atoms with Crippen molar-refractivity contribution in [2.24, 2.45) is 0 Å². The predicted molar refractivity (Wildman–Crippen MR) is 162 cm³/mol. The van der Waals surface area contributed by atoms with E-state index in [0.29, 0.717) is 0 Å². The zero-order valence-corrected chi connectivity index (χ0v) is 23.3. The average Bonchev–Trinajstić information content (AvgIpc) is 3.21. The highest BCUT2D eigenvalue weighted by Gasteiger charge is 2.35. The normalized spacial score (nSPS) is 14.4. The number of carbonyl (C=O) groups is 1. The molecule has 0 aliphatic heterocycles. The number of benzene rings is 4. The summed E-state index contributed by atoms with van der Waals surface area (Å²) >= 11 is 0. The lowest BCUT2D eigenvalue weighted by Gasteiger charge is -2.19. The SMILES string of the molecule is CC(C)(C)c1ccc(C2=C(c3ccccc3)C(c3ccccc3)=C(c3ccc(C(C)(C)C)cc3)C2=O)cc1. The molecule has 0 radical (unpaired) electrons. The molecule has 190 valence electrons. The summed E-state index contributed by atoms with van der Waals surface area (Å²) in [6.45, 7) is 13.3. The van der Waals surface area contributed by atoms with Crippen molar-refractivity contribution in [3.8, 4) is 0 Å². The van der Waals surface area contributed by atoms with Gasteiger partial charge in [-0.2, -0.15) is 0 Å². The summed E-state index contributed by atoms with van der Waals surface area (Å²) in [4.78, 5) is 14.5. The van der Waals surface area contributed by atoms with E-state index in [4.69, 9.17) is 0 Å². The van der Waals surface area contributed by atoms with Gasteiger partial charge in [-0.1, -0.05) is 151 Å². The molecule has 1 aliphatic carbocycles. The third kappa shape index (κ3) is 4.82. The Morgan fingerprint density at radius 1 is 0.368 bits per heavy atom. The number of allylic oxidation sites excluding steroid dienone is 4. The van der Waals surface area contributed by atoms with E-state index in [9.17, 15) is 4.79 Å². The Hall–Kier alpha value is -3.97. The Balaban J connectivity index is 1.78. The van der Waals surface area contributed by atoms with Crippen molar-refractivity contribution in [1.29, 1.82) is 0 Å². The molecular formula is C37H36O. The van der Waals surface area contributed by atoms with Crippen LogP contribution in [0, 0.1) is 0 Å². The van der Waals surface area contributed by atoms with Crippen LogP contribution in [0.15, 0.2) is 109 Å². The molecule has 1 nitrogen and oxygen atoms in total. The first-order valence-electron chi connectivity index (χ1n) is 13.4. The maximum atomic E-state index is 14.5. The van der Waals surface area contributed by atoms with Crippen molar-refractivity contribution in [1.82, 2.24) is 0 Å². The fraction of sp³-hybridized carbons (Fsp3) is 0.216. The van der Waals surface area contributed by atoms with Crippen molar-refractivity contribution >= 4 is 28.1 Å². The molecule has 0 heterocycles. The maximum absolute atomic E-state index is 14.5. The van der Waals surface area contributed by atoms with E-state index in [1.165, 1.54) is 11.1 Å². The molecule has 4 aromatic carbocycles. The van der Waals surface area contributed by atoms with Crippen LogP contribution in [0.5, 0.6) is 0 Å². The summed E-state index contributed by atoms with van der Waals surface area (Å²) < 4.78 is 0. The molecule has 0 atom stereocenters. The highest BCUT2D eigenvalue weighted by atomic mass is 16.1. The number of hydrogen-bond acceptors (Lipinski definition) is 1. The van der Waals surface area contributed by atoms with Crippen LogP contribution in [0.25, 0.3) is 22.3 Å². The van der Waals surface area contributed by atoms with Crippen LogP contribution >= 0.6 is 0 Å².